The van der Waals surface area contributed by atoms with E-state index >= 15 is 0 Å². The van der Waals surface area contributed by atoms with Gasteiger partial charge in [-0.05, 0) is 49.3 Å². The molecule has 0 aromatic heterocycles. The van der Waals surface area contributed by atoms with Gasteiger partial charge < -0.3 is 15.4 Å². The van der Waals surface area contributed by atoms with Gasteiger partial charge in [-0.2, -0.15) is 0 Å². The molecule has 2 saturated heterocycles. The van der Waals surface area contributed by atoms with Gasteiger partial charge in [0.05, 0.1) is 18.4 Å². The molecule has 0 radical (unpaired) electrons. The smallest absolute Gasteiger partial charge is 0.226 e. The minimum Gasteiger partial charge on any atom is -0.377 e. The van der Waals surface area contributed by atoms with E-state index in [-0.39, 0.29) is 36.1 Å². The highest BCUT2D eigenvalue weighted by Crippen LogP contribution is 2.30. The van der Waals surface area contributed by atoms with Gasteiger partial charge in [-0.15, -0.1) is 0 Å². The van der Waals surface area contributed by atoms with E-state index in [1.165, 1.54) is 12.1 Å². The molecule has 5 nitrogen and oxygen atoms in total. The lowest BCUT2D eigenvalue weighted by Gasteiger charge is -2.33. The Balaban J connectivity index is 1.47. The lowest BCUT2D eigenvalue weighted by Crippen LogP contribution is -2.40. The number of carbonyl (C=O) groups is 2. The second-order valence-electron chi connectivity index (χ2n) is 7.07. The number of ether oxygens (including phenoxy) is 1. The molecule has 0 unspecified atom stereocenters. The zero-order chi connectivity index (χ0) is 17.8. The van der Waals surface area contributed by atoms with Crippen molar-refractivity contribution in [3.05, 3.63) is 35.6 Å². The average molecular weight is 348 g/mol. The Morgan fingerprint density at radius 2 is 2.00 bits per heavy atom. The fraction of sp³-hybridized carbons (Fsp3) is 0.579. The van der Waals surface area contributed by atoms with Crippen molar-refractivity contribution in [2.24, 2.45) is 17.6 Å². The average Bonchev–Trinajstić information content (AvgIpc) is 3.04. The Labute approximate surface area is 147 Å². The number of rotatable bonds is 5. The molecule has 2 heterocycles. The van der Waals surface area contributed by atoms with Crippen LogP contribution in [0.4, 0.5) is 4.39 Å². The first-order chi connectivity index (χ1) is 12.0. The van der Waals surface area contributed by atoms with Crippen molar-refractivity contribution in [2.45, 2.75) is 38.2 Å². The molecule has 136 valence electrons. The fourth-order valence-corrected chi connectivity index (χ4v) is 3.89. The number of benzene rings is 1. The maximum absolute atomic E-state index is 13.2. The summed E-state index contributed by atoms with van der Waals surface area (Å²) in [6, 6.07) is 6.19. The molecule has 6 heteroatoms. The summed E-state index contributed by atoms with van der Waals surface area (Å²) in [4.78, 5) is 25.7. The van der Waals surface area contributed by atoms with E-state index in [2.05, 4.69) is 0 Å². The van der Waals surface area contributed by atoms with Crippen LogP contribution >= 0.6 is 0 Å². The molecular weight excluding hydrogens is 323 g/mol. The summed E-state index contributed by atoms with van der Waals surface area (Å²) >= 11 is 0. The van der Waals surface area contributed by atoms with Crippen LogP contribution in [0.3, 0.4) is 0 Å². The lowest BCUT2D eigenvalue weighted by atomic mass is 9.86. The number of piperidine rings is 1. The number of halogens is 1. The van der Waals surface area contributed by atoms with E-state index in [0.29, 0.717) is 37.6 Å². The van der Waals surface area contributed by atoms with Crippen LogP contribution < -0.4 is 5.73 Å². The van der Waals surface area contributed by atoms with Gasteiger partial charge in [0, 0.05) is 19.7 Å². The van der Waals surface area contributed by atoms with Gasteiger partial charge in [0.15, 0.2) is 0 Å². The Kier molecular flexibility index (Phi) is 5.68. The Bertz CT molecular complexity index is 629. The number of likely N-dealkylation sites (tertiary alicyclic amines) is 1. The molecule has 2 N–H and O–H groups in total. The second kappa shape index (κ2) is 7.95. The predicted molar refractivity (Wildman–Crippen MR) is 91.1 cm³/mol. The molecular formula is C19H25FN2O3. The zero-order valence-corrected chi connectivity index (χ0v) is 14.3. The standard InChI is InChI=1S/C19H25FN2O3/c20-15-3-1-2-14(10-15)12-18(23)22-7-4-13(5-8-22)11-17-16(19(21)24)6-9-25-17/h1-3,10,13,16-17H,4-9,11-12H2,(H2,21,24)/t16-,17-/m1/s1. The van der Waals surface area contributed by atoms with E-state index in [1.807, 2.05) is 4.90 Å². The number of hydrogen-bond acceptors (Lipinski definition) is 3. The van der Waals surface area contributed by atoms with E-state index in [0.717, 1.165) is 19.3 Å². The van der Waals surface area contributed by atoms with Crippen LogP contribution in [0.1, 0.15) is 31.2 Å². The van der Waals surface area contributed by atoms with Gasteiger partial charge in [-0.1, -0.05) is 12.1 Å². The maximum atomic E-state index is 13.2. The topological polar surface area (TPSA) is 72.6 Å². The van der Waals surface area contributed by atoms with Crippen LogP contribution in [0.15, 0.2) is 24.3 Å². The highest BCUT2D eigenvalue weighted by Gasteiger charge is 2.35. The molecule has 0 bridgehead atoms. The van der Waals surface area contributed by atoms with Gasteiger partial charge in [-0.3, -0.25) is 9.59 Å². The van der Waals surface area contributed by atoms with E-state index in [1.54, 1.807) is 12.1 Å². The fourth-order valence-electron chi connectivity index (χ4n) is 3.89. The SMILES string of the molecule is NC(=O)[C@@H]1CCO[C@@H]1CC1CCN(C(=O)Cc2cccc(F)c2)CC1. The molecule has 25 heavy (non-hydrogen) atoms. The van der Waals surface area contributed by atoms with Gasteiger partial charge in [0.2, 0.25) is 11.8 Å². The number of carbonyl (C=O) groups excluding carboxylic acids is 2. The molecule has 1 aromatic carbocycles. The predicted octanol–water partition coefficient (Wildman–Crippen LogP) is 1.89. The monoisotopic (exact) mass is 348 g/mol. The largest absolute Gasteiger partial charge is 0.377 e. The molecule has 0 aliphatic carbocycles. The molecule has 0 saturated carbocycles. The molecule has 2 aliphatic rings. The quantitative estimate of drug-likeness (QED) is 0.883. The summed E-state index contributed by atoms with van der Waals surface area (Å²) in [6.07, 6.45) is 3.51. The van der Waals surface area contributed by atoms with Crippen molar-refractivity contribution < 1.29 is 18.7 Å². The number of amides is 2. The van der Waals surface area contributed by atoms with Gasteiger partial charge in [-0.25, -0.2) is 4.39 Å². The van der Waals surface area contributed by atoms with Crippen molar-refractivity contribution in [3.63, 3.8) is 0 Å². The summed E-state index contributed by atoms with van der Waals surface area (Å²) in [5.41, 5.74) is 6.14. The summed E-state index contributed by atoms with van der Waals surface area (Å²) in [6.45, 7) is 2.00. The highest BCUT2D eigenvalue weighted by atomic mass is 19.1. The summed E-state index contributed by atoms with van der Waals surface area (Å²) in [7, 11) is 0. The molecule has 3 rings (SSSR count). The second-order valence-corrected chi connectivity index (χ2v) is 7.07. The van der Waals surface area contributed by atoms with Gasteiger partial charge in [0.1, 0.15) is 5.82 Å². The number of primary amides is 1. The van der Waals surface area contributed by atoms with E-state index in [9.17, 15) is 14.0 Å². The Hall–Kier alpha value is -1.95. The van der Waals surface area contributed by atoms with Gasteiger partial charge in [0.25, 0.3) is 0 Å². The highest BCUT2D eigenvalue weighted by molar-refractivity contribution is 5.79. The van der Waals surface area contributed by atoms with Crippen molar-refractivity contribution in [1.29, 1.82) is 0 Å². The minimum absolute atomic E-state index is 0.0381. The molecule has 2 aliphatic heterocycles. The number of nitrogens with zero attached hydrogens (tertiary/aromatic N) is 1. The third kappa shape index (κ3) is 4.57. The number of nitrogens with two attached hydrogens (primary N) is 1. The van der Waals surface area contributed by atoms with Crippen LogP contribution in [-0.2, 0) is 20.7 Å². The van der Waals surface area contributed by atoms with Crippen LogP contribution in [-0.4, -0.2) is 42.5 Å². The van der Waals surface area contributed by atoms with E-state index < -0.39 is 0 Å². The lowest BCUT2D eigenvalue weighted by molar-refractivity contribution is -0.132. The summed E-state index contributed by atoms with van der Waals surface area (Å²) in [5.74, 6) is -0.276. The molecule has 0 spiro atoms. The molecule has 2 atom stereocenters. The first kappa shape index (κ1) is 17.9. The summed E-state index contributed by atoms with van der Waals surface area (Å²) in [5, 5.41) is 0. The first-order valence-electron chi connectivity index (χ1n) is 8.96. The molecule has 1 aromatic rings. The van der Waals surface area contributed by atoms with Gasteiger partial charge >= 0.3 is 0 Å². The van der Waals surface area contributed by atoms with Crippen LogP contribution in [0.2, 0.25) is 0 Å². The van der Waals surface area contributed by atoms with Crippen LogP contribution in [0.25, 0.3) is 0 Å². The van der Waals surface area contributed by atoms with Crippen molar-refractivity contribution in [1.82, 2.24) is 4.90 Å². The van der Waals surface area contributed by atoms with Crippen molar-refractivity contribution in [3.8, 4) is 0 Å². The molecule has 2 amide bonds. The van der Waals surface area contributed by atoms with Crippen molar-refractivity contribution >= 4 is 11.8 Å². The van der Waals surface area contributed by atoms with Crippen LogP contribution in [0.5, 0.6) is 0 Å². The normalized spacial score (nSPS) is 24.4. The zero-order valence-electron chi connectivity index (χ0n) is 14.3. The maximum Gasteiger partial charge on any atom is 0.226 e. The van der Waals surface area contributed by atoms with Crippen molar-refractivity contribution in [2.75, 3.05) is 19.7 Å². The Morgan fingerprint density at radius 1 is 1.24 bits per heavy atom. The Morgan fingerprint density at radius 3 is 2.68 bits per heavy atom. The third-order valence-corrected chi connectivity index (χ3v) is 5.35. The first-order valence-corrected chi connectivity index (χ1v) is 8.96. The van der Waals surface area contributed by atoms with Crippen LogP contribution in [0, 0.1) is 17.7 Å². The van der Waals surface area contributed by atoms with E-state index in [4.69, 9.17) is 10.5 Å². The molecule has 2 fully saturated rings. The summed E-state index contributed by atoms with van der Waals surface area (Å²) < 4.78 is 18.9. The number of hydrogen-bond donors (Lipinski definition) is 1. The third-order valence-electron chi connectivity index (χ3n) is 5.35. The minimum atomic E-state index is -0.315.